The number of ether oxygens (including phenoxy) is 1. The van der Waals surface area contributed by atoms with E-state index >= 15 is 0 Å². The molecule has 0 radical (unpaired) electrons. The Morgan fingerprint density at radius 3 is 2.18 bits per heavy atom. The quantitative estimate of drug-likeness (QED) is 0.696. The van der Waals surface area contributed by atoms with Crippen molar-refractivity contribution < 1.29 is 4.74 Å². The Hall–Kier alpha value is -0.0800. The number of nitrogens with one attached hydrogen (secondary N) is 1. The van der Waals surface area contributed by atoms with Crippen molar-refractivity contribution >= 4 is 0 Å². The molecule has 2 rings (SSSR count). The highest BCUT2D eigenvalue weighted by atomic mass is 16.5. The van der Waals surface area contributed by atoms with Crippen LogP contribution in [0.5, 0.6) is 0 Å². The third-order valence-corrected chi connectivity index (χ3v) is 4.68. The van der Waals surface area contributed by atoms with Crippen molar-refractivity contribution in [3.63, 3.8) is 0 Å². The molecule has 2 aliphatic rings. The summed E-state index contributed by atoms with van der Waals surface area (Å²) in [5.74, 6) is 0. The molecule has 100 valence electrons. The average Bonchev–Trinajstić information content (AvgIpc) is 2.23. The molecule has 17 heavy (non-hydrogen) atoms. The third kappa shape index (κ3) is 3.03. The van der Waals surface area contributed by atoms with Gasteiger partial charge in [-0.1, -0.05) is 34.6 Å². The Morgan fingerprint density at radius 2 is 1.65 bits per heavy atom. The molecule has 0 aromatic carbocycles. The Bertz CT molecular complexity index is 267. The first-order chi connectivity index (χ1) is 7.73. The Balaban J connectivity index is 2.02. The molecule has 0 aromatic rings. The molecule has 1 saturated heterocycles. The highest BCUT2D eigenvalue weighted by molar-refractivity contribution is 4.96. The fourth-order valence-electron chi connectivity index (χ4n) is 3.07. The van der Waals surface area contributed by atoms with Gasteiger partial charge in [-0.25, -0.2) is 0 Å². The van der Waals surface area contributed by atoms with Crippen LogP contribution in [0.1, 0.15) is 66.7 Å². The number of hydrogen-bond acceptors (Lipinski definition) is 2. The summed E-state index contributed by atoms with van der Waals surface area (Å²) in [5.41, 5.74) is 0.834. The van der Waals surface area contributed by atoms with E-state index in [1.165, 1.54) is 25.7 Å². The van der Waals surface area contributed by atoms with E-state index in [9.17, 15) is 0 Å². The molecule has 1 atom stereocenters. The molecule has 1 aliphatic heterocycles. The van der Waals surface area contributed by atoms with E-state index in [-0.39, 0.29) is 5.72 Å². The molecule has 1 saturated carbocycles. The van der Waals surface area contributed by atoms with Crippen LogP contribution >= 0.6 is 0 Å². The largest absolute Gasteiger partial charge is 0.361 e. The van der Waals surface area contributed by atoms with Gasteiger partial charge in [0, 0.05) is 6.04 Å². The molecule has 1 heterocycles. The minimum absolute atomic E-state index is 0.00822. The Kier molecular flexibility index (Phi) is 3.33. The molecule has 0 bridgehead atoms. The molecular weight excluding hydrogens is 210 g/mol. The zero-order valence-electron chi connectivity index (χ0n) is 12.2. The Morgan fingerprint density at radius 1 is 1.06 bits per heavy atom. The van der Waals surface area contributed by atoms with E-state index in [4.69, 9.17) is 4.74 Å². The number of hydrogen-bond donors (Lipinski definition) is 1. The van der Waals surface area contributed by atoms with Gasteiger partial charge >= 0.3 is 0 Å². The maximum Gasteiger partial charge on any atom is 0.119 e. The Labute approximate surface area is 107 Å². The van der Waals surface area contributed by atoms with Crippen molar-refractivity contribution in [2.24, 2.45) is 10.8 Å². The minimum Gasteiger partial charge on any atom is -0.361 e. The van der Waals surface area contributed by atoms with Crippen molar-refractivity contribution in [3.05, 3.63) is 0 Å². The molecule has 0 amide bonds. The summed E-state index contributed by atoms with van der Waals surface area (Å²) in [4.78, 5) is 0. The van der Waals surface area contributed by atoms with E-state index in [0.717, 1.165) is 13.0 Å². The number of rotatable bonds is 0. The van der Waals surface area contributed by atoms with Crippen LogP contribution < -0.4 is 5.32 Å². The van der Waals surface area contributed by atoms with Crippen LogP contribution in [0.2, 0.25) is 0 Å². The van der Waals surface area contributed by atoms with E-state index in [1.807, 2.05) is 0 Å². The monoisotopic (exact) mass is 239 g/mol. The lowest BCUT2D eigenvalue weighted by molar-refractivity contribution is -0.153. The van der Waals surface area contributed by atoms with Crippen molar-refractivity contribution in [1.29, 1.82) is 0 Å². The van der Waals surface area contributed by atoms with Crippen LogP contribution in [0.3, 0.4) is 0 Å². The van der Waals surface area contributed by atoms with Crippen molar-refractivity contribution in [1.82, 2.24) is 5.32 Å². The molecule has 1 N–H and O–H groups in total. The van der Waals surface area contributed by atoms with E-state index in [2.05, 4.69) is 39.9 Å². The van der Waals surface area contributed by atoms with Crippen LogP contribution in [0, 0.1) is 10.8 Å². The molecular formula is C15H29NO. The summed E-state index contributed by atoms with van der Waals surface area (Å²) in [6.45, 7) is 12.7. The fourth-order valence-corrected chi connectivity index (χ4v) is 3.07. The van der Waals surface area contributed by atoms with Crippen LogP contribution in [0.15, 0.2) is 0 Å². The first kappa shape index (κ1) is 13.4. The van der Waals surface area contributed by atoms with Gasteiger partial charge in [-0.05, 0) is 42.9 Å². The van der Waals surface area contributed by atoms with Crippen LogP contribution in [-0.2, 0) is 4.74 Å². The van der Waals surface area contributed by atoms with Gasteiger partial charge in [-0.15, -0.1) is 0 Å². The molecule has 2 fully saturated rings. The first-order valence-electron chi connectivity index (χ1n) is 7.14. The van der Waals surface area contributed by atoms with Crippen molar-refractivity contribution in [3.8, 4) is 0 Å². The molecule has 0 aromatic heterocycles. The van der Waals surface area contributed by atoms with Crippen LogP contribution in [0.4, 0.5) is 0 Å². The topological polar surface area (TPSA) is 21.3 Å². The van der Waals surface area contributed by atoms with Gasteiger partial charge in [0.25, 0.3) is 0 Å². The zero-order chi connectivity index (χ0) is 12.7. The third-order valence-electron chi connectivity index (χ3n) is 4.68. The highest BCUT2D eigenvalue weighted by Crippen LogP contribution is 2.43. The maximum atomic E-state index is 6.11. The molecule has 1 unspecified atom stereocenters. The lowest BCUT2D eigenvalue weighted by atomic mass is 9.72. The van der Waals surface area contributed by atoms with Crippen LogP contribution in [-0.4, -0.2) is 18.4 Å². The standard InChI is InChI=1S/C15H29NO/c1-13(2,3)12-6-11-17-15(16-12)9-7-14(4,5)8-10-15/h12,16H,6-11H2,1-5H3. The van der Waals surface area contributed by atoms with Gasteiger partial charge in [-0.2, -0.15) is 0 Å². The second kappa shape index (κ2) is 4.24. The molecule has 1 spiro atoms. The molecule has 2 heteroatoms. The SMILES string of the molecule is CC1(C)CCC2(CC1)NC(C(C)(C)C)CCO2. The summed E-state index contributed by atoms with van der Waals surface area (Å²) >= 11 is 0. The van der Waals surface area contributed by atoms with Crippen LogP contribution in [0.25, 0.3) is 0 Å². The summed E-state index contributed by atoms with van der Waals surface area (Å²) in [6.07, 6.45) is 6.04. The lowest BCUT2D eigenvalue weighted by Crippen LogP contribution is -2.61. The van der Waals surface area contributed by atoms with Gasteiger partial charge in [-0.3, -0.25) is 5.32 Å². The van der Waals surface area contributed by atoms with E-state index < -0.39 is 0 Å². The van der Waals surface area contributed by atoms with Gasteiger partial charge in [0.05, 0.1) is 6.61 Å². The van der Waals surface area contributed by atoms with Crippen molar-refractivity contribution in [2.75, 3.05) is 6.61 Å². The highest BCUT2D eigenvalue weighted by Gasteiger charge is 2.44. The second-order valence-electron chi connectivity index (χ2n) is 7.86. The average molecular weight is 239 g/mol. The maximum absolute atomic E-state index is 6.11. The second-order valence-corrected chi connectivity index (χ2v) is 7.86. The predicted molar refractivity (Wildman–Crippen MR) is 71.9 cm³/mol. The fraction of sp³-hybridized carbons (Fsp3) is 1.00. The van der Waals surface area contributed by atoms with Gasteiger partial charge in [0.1, 0.15) is 5.72 Å². The van der Waals surface area contributed by atoms with Crippen molar-refractivity contribution in [2.45, 2.75) is 78.5 Å². The van der Waals surface area contributed by atoms with Gasteiger partial charge in [0.15, 0.2) is 0 Å². The summed E-state index contributed by atoms with van der Waals surface area (Å²) in [6, 6.07) is 0.595. The summed E-state index contributed by atoms with van der Waals surface area (Å²) in [7, 11) is 0. The first-order valence-corrected chi connectivity index (χ1v) is 7.14. The minimum atomic E-state index is -0.00822. The molecule has 2 nitrogen and oxygen atoms in total. The van der Waals surface area contributed by atoms with E-state index in [0.29, 0.717) is 16.9 Å². The summed E-state index contributed by atoms with van der Waals surface area (Å²) < 4.78 is 6.11. The van der Waals surface area contributed by atoms with Gasteiger partial charge in [0.2, 0.25) is 0 Å². The summed E-state index contributed by atoms with van der Waals surface area (Å²) in [5, 5.41) is 3.82. The molecule has 1 aliphatic carbocycles. The predicted octanol–water partition coefficient (Wildman–Crippen LogP) is 3.71. The smallest absolute Gasteiger partial charge is 0.119 e. The van der Waals surface area contributed by atoms with E-state index in [1.54, 1.807) is 0 Å². The lowest BCUT2D eigenvalue weighted by Gasteiger charge is -2.50. The normalized spacial score (nSPS) is 32.6. The van der Waals surface area contributed by atoms with Gasteiger partial charge < -0.3 is 4.74 Å². The zero-order valence-corrected chi connectivity index (χ0v) is 12.2.